The Kier molecular flexibility index (Phi) is 5.51. The van der Waals surface area contributed by atoms with E-state index < -0.39 is 16.2 Å². The van der Waals surface area contributed by atoms with E-state index in [1.165, 1.54) is 12.1 Å². The van der Waals surface area contributed by atoms with Crippen LogP contribution in [0.15, 0.2) is 77.7 Å². The Morgan fingerprint density at radius 1 is 0.879 bits per heavy atom. The van der Waals surface area contributed by atoms with Gasteiger partial charge in [0.1, 0.15) is 16.9 Å². The molecular formula is C24H23FN4O3S. The number of rotatable bonds is 3. The second-order valence-electron chi connectivity index (χ2n) is 8.07. The third-order valence-corrected chi connectivity index (χ3v) is 7.48. The third kappa shape index (κ3) is 4.29. The van der Waals surface area contributed by atoms with Gasteiger partial charge in [0, 0.05) is 37.4 Å². The molecule has 3 aromatic carbocycles. The fourth-order valence-corrected chi connectivity index (χ4v) is 5.50. The van der Waals surface area contributed by atoms with Crippen LogP contribution in [0.1, 0.15) is 22.1 Å². The minimum atomic E-state index is -3.63. The number of amides is 1. The predicted octanol–water partition coefficient (Wildman–Crippen LogP) is 3.19. The molecule has 33 heavy (non-hydrogen) atoms. The van der Waals surface area contributed by atoms with Gasteiger partial charge in [-0.3, -0.25) is 4.79 Å². The van der Waals surface area contributed by atoms with Gasteiger partial charge in [-0.1, -0.05) is 24.3 Å². The zero-order chi connectivity index (χ0) is 23.0. The van der Waals surface area contributed by atoms with E-state index in [-0.39, 0.29) is 16.6 Å². The van der Waals surface area contributed by atoms with Crippen molar-refractivity contribution in [2.45, 2.75) is 11.1 Å². The summed E-state index contributed by atoms with van der Waals surface area (Å²) in [5, 5.41) is 3.19. The monoisotopic (exact) mass is 466 g/mol. The number of nitrogens with one attached hydrogen (secondary N) is 2. The van der Waals surface area contributed by atoms with Gasteiger partial charge in [0.2, 0.25) is 10.0 Å². The Balaban J connectivity index is 1.25. The Bertz CT molecular complexity index is 1270. The molecule has 5 rings (SSSR count). The minimum Gasteiger partial charge on any atom is -0.368 e. The molecule has 2 aliphatic heterocycles. The van der Waals surface area contributed by atoms with E-state index in [4.69, 9.17) is 0 Å². The summed E-state index contributed by atoms with van der Waals surface area (Å²) in [6.45, 7) is 2.47. The normalized spacial score (nSPS) is 19.5. The minimum absolute atomic E-state index is 0.0668. The first-order chi connectivity index (χ1) is 15.9. The second-order valence-corrected chi connectivity index (χ2v) is 9.75. The predicted molar refractivity (Wildman–Crippen MR) is 124 cm³/mol. The summed E-state index contributed by atoms with van der Waals surface area (Å²) < 4.78 is 40.9. The summed E-state index contributed by atoms with van der Waals surface area (Å²) in [7, 11) is -3.63. The lowest BCUT2D eigenvalue weighted by Crippen LogP contribution is -2.48. The summed E-state index contributed by atoms with van der Waals surface area (Å²) in [6.07, 6.45) is -0.617. The standard InChI is InChI=1S/C24H23FN4O3S/c25-19-9-11-20(12-10-19)28-13-15-29(16-14-28)24(30)18-7-5-17(6-8-18)23-26-21-3-1-2-4-22(21)33(31,32)27-23/h1-12,23,26-27H,13-16H2/t23-/m1/s1. The molecule has 7 nitrogen and oxygen atoms in total. The molecule has 1 fully saturated rings. The van der Waals surface area contributed by atoms with Crippen molar-refractivity contribution in [1.82, 2.24) is 9.62 Å². The first kappa shape index (κ1) is 21.4. The maximum atomic E-state index is 13.2. The van der Waals surface area contributed by atoms with Crippen molar-refractivity contribution in [1.29, 1.82) is 0 Å². The molecule has 2 aliphatic rings. The van der Waals surface area contributed by atoms with Crippen LogP contribution in [0.4, 0.5) is 15.8 Å². The van der Waals surface area contributed by atoms with Gasteiger partial charge >= 0.3 is 0 Å². The van der Waals surface area contributed by atoms with Crippen LogP contribution in [0.3, 0.4) is 0 Å². The van der Waals surface area contributed by atoms with E-state index in [1.807, 2.05) is 0 Å². The van der Waals surface area contributed by atoms with Gasteiger partial charge in [-0.05, 0) is 54.1 Å². The molecule has 1 atom stereocenters. The third-order valence-electron chi connectivity index (χ3n) is 6.00. The lowest BCUT2D eigenvalue weighted by Gasteiger charge is -2.36. The average Bonchev–Trinajstić information content (AvgIpc) is 2.84. The summed E-state index contributed by atoms with van der Waals surface area (Å²) in [5.74, 6) is -0.334. The number of halogens is 1. The smallest absolute Gasteiger partial charge is 0.253 e. The number of sulfonamides is 1. The number of hydrogen-bond donors (Lipinski definition) is 2. The van der Waals surface area contributed by atoms with E-state index in [9.17, 15) is 17.6 Å². The number of nitrogens with zero attached hydrogens (tertiary/aromatic N) is 2. The highest BCUT2D eigenvalue weighted by molar-refractivity contribution is 7.89. The number of piperazine rings is 1. The summed E-state index contributed by atoms with van der Waals surface area (Å²) >= 11 is 0. The fourth-order valence-electron chi connectivity index (χ4n) is 4.20. The van der Waals surface area contributed by atoms with Gasteiger partial charge in [0.05, 0.1) is 5.69 Å². The number of fused-ring (bicyclic) bond motifs is 1. The van der Waals surface area contributed by atoms with Gasteiger partial charge in [-0.2, -0.15) is 4.72 Å². The van der Waals surface area contributed by atoms with Crippen LogP contribution in [0.25, 0.3) is 0 Å². The van der Waals surface area contributed by atoms with Crippen molar-refractivity contribution in [2.24, 2.45) is 0 Å². The Morgan fingerprint density at radius 3 is 2.24 bits per heavy atom. The van der Waals surface area contributed by atoms with Crippen LogP contribution in [0.5, 0.6) is 0 Å². The maximum absolute atomic E-state index is 13.2. The quantitative estimate of drug-likeness (QED) is 0.620. The summed E-state index contributed by atoms with van der Waals surface area (Å²) in [4.78, 5) is 17.1. The lowest BCUT2D eigenvalue weighted by molar-refractivity contribution is 0.0746. The van der Waals surface area contributed by atoms with Crippen LogP contribution < -0.4 is 14.9 Å². The number of anilines is 2. The Morgan fingerprint density at radius 2 is 1.55 bits per heavy atom. The van der Waals surface area contributed by atoms with Crippen molar-refractivity contribution in [3.05, 3.63) is 89.7 Å². The highest BCUT2D eigenvalue weighted by Gasteiger charge is 2.30. The van der Waals surface area contributed by atoms with Gasteiger partial charge in [0.25, 0.3) is 5.91 Å². The number of hydrogen-bond acceptors (Lipinski definition) is 5. The molecule has 0 aromatic heterocycles. The largest absolute Gasteiger partial charge is 0.368 e. The molecule has 2 N–H and O–H groups in total. The van der Waals surface area contributed by atoms with Gasteiger partial charge in [-0.25, -0.2) is 12.8 Å². The van der Waals surface area contributed by atoms with Gasteiger partial charge in [0.15, 0.2) is 0 Å². The first-order valence-electron chi connectivity index (χ1n) is 10.7. The number of benzene rings is 3. The van der Waals surface area contributed by atoms with Gasteiger partial charge < -0.3 is 15.1 Å². The molecule has 0 radical (unpaired) electrons. The molecule has 9 heteroatoms. The van der Waals surface area contributed by atoms with Crippen LogP contribution in [-0.4, -0.2) is 45.4 Å². The first-order valence-corrected chi connectivity index (χ1v) is 12.2. The van der Waals surface area contributed by atoms with Crippen LogP contribution in [0.2, 0.25) is 0 Å². The lowest BCUT2D eigenvalue weighted by atomic mass is 10.1. The molecule has 1 amide bonds. The van der Waals surface area contributed by atoms with Gasteiger partial charge in [-0.15, -0.1) is 0 Å². The number of carbonyl (C=O) groups is 1. The highest BCUT2D eigenvalue weighted by atomic mass is 32.2. The Labute approximate surface area is 191 Å². The highest BCUT2D eigenvalue weighted by Crippen LogP contribution is 2.31. The SMILES string of the molecule is O=C(c1ccc([C@@H]2Nc3ccccc3S(=O)(=O)N2)cc1)N1CCN(c2ccc(F)cc2)CC1. The van der Waals surface area contributed by atoms with E-state index in [2.05, 4.69) is 14.9 Å². The van der Waals surface area contributed by atoms with E-state index in [1.54, 1.807) is 65.6 Å². The molecule has 1 saturated heterocycles. The molecule has 0 spiro atoms. The van der Waals surface area contributed by atoms with Crippen molar-refractivity contribution < 1.29 is 17.6 Å². The van der Waals surface area contributed by atoms with Crippen molar-refractivity contribution in [3.8, 4) is 0 Å². The zero-order valence-electron chi connectivity index (χ0n) is 17.7. The molecule has 0 bridgehead atoms. The molecule has 0 aliphatic carbocycles. The van der Waals surface area contributed by atoms with E-state index in [0.29, 0.717) is 43.0 Å². The van der Waals surface area contributed by atoms with Crippen LogP contribution >= 0.6 is 0 Å². The zero-order valence-corrected chi connectivity index (χ0v) is 18.6. The van der Waals surface area contributed by atoms with E-state index in [0.717, 1.165) is 5.69 Å². The van der Waals surface area contributed by atoms with Crippen molar-refractivity contribution >= 4 is 27.3 Å². The Hall–Kier alpha value is -3.43. The average molecular weight is 467 g/mol. The van der Waals surface area contributed by atoms with E-state index >= 15 is 0 Å². The van der Waals surface area contributed by atoms with Crippen molar-refractivity contribution in [2.75, 3.05) is 36.4 Å². The molecular weight excluding hydrogens is 443 g/mol. The fraction of sp³-hybridized carbons (Fsp3) is 0.208. The molecule has 0 saturated carbocycles. The maximum Gasteiger partial charge on any atom is 0.253 e. The molecule has 2 heterocycles. The number of para-hydroxylation sites is 1. The van der Waals surface area contributed by atoms with Crippen molar-refractivity contribution in [3.63, 3.8) is 0 Å². The molecule has 170 valence electrons. The summed E-state index contributed by atoms with van der Waals surface area (Å²) in [5.41, 5.74) is 2.75. The summed E-state index contributed by atoms with van der Waals surface area (Å²) in [6, 6.07) is 20.1. The number of carbonyl (C=O) groups excluding carboxylic acids is 1. The molecule has 3 aromatic rings. The molecule has 0 unspecified atom stereocenters. The topological polar surface area (TPSA) is 81.7 Å². The van der Waals surface area contributed by atoms with Crippen LogP contribution in [0, 0.1) is 5.82 Å². The van der Waals surface area contributed by atoms with Crippen LogP contribution in [-0.2, 0) is 10.0 Å². The second kappa shape index (κ2) is 8.49.